The van der Waals surface area contributed by atoms with Crippen LogP contribution < -0.4 is 4.72 Å². The van der Waals surface area contributed by atoms with Gasteiger partial charge in [0.2, 0.25) is 10.0 Å². The molecule has 1 heterocycles. The van der Waals surface area contributed by atoms with Crippen molar-refractivity contribution in [2.75, 3.05) is 29.4 Å². The van der Waals surface area contributed by atoms with Crippen molar-refractivity contribution in [3.63, 3.8) is 0 Å². The maximum atomic E-state index is 12.2. The van der Waals surface area contributed by atoms with E-state index < -0.39 is 10.0 Å². The molecule has 1 saturated heterocycles. The van der Waals surface area contributed by atoms with Crippen LogP contribution in [0.2, 0.25) is 0 Å². The normalized spacial score (nSPS) is 17.8. The average molecular weight is 331 g/mol. The van der Waals surface area contributed by atoms with Gasteiger partial charge in [-0.25, -0.2) is 8.42 Å². The van der Waals surface area contributed by atoms with Crippen molar-refractivity contribution < 1.29 is 8.42 Å². The molecule has 21 heavy (non-hydrogen) atoms. The van der Waals surface area contributed by atoms with Crippen LogP contribution in [0.1, 0.15) is 25.3 Å². The molecular weight excluding hydrogens is 308 g/mol. The largest absolute Gasteiger partial charge is 0.299 e. The summed E-state index contributed by atoms with van der Waals surface area (Å²) in [5.74, 6) is 0.333. The molecule has 0 radical (unpaired) electrons. The van der Waals surface area contributed by atoms with E-state index in [1.807, 2.05) is 31.2 Å². The predicted octanol–water partition coefficient (Wildman–Crippen LogP) is 2.90. The van der Waals surface area contributed by atoms with Gasteiger partial charge in [0.1, 0.15) is 0 Å². The SMILES string of the molecule is CC(CCl)CS(=O)(=O)Nc1ccccc1CN1CCCC1. The molecule has 1 aliphatic heterocycles. The van der Waals surface area contributed by atoms with Crippen LogP contribution in [0.25, 0.3) is 0 Å². The molecule has 1 unspecified atom stereocenters. The number of para-hydroxylation sites is 1. The summed E-state index contributed by atoms with van der Waals surface area (Å²) in [5.41, 5.74) is 1.72. The lowest BCUT2D eigenvalue weighted by Crippen LogP contribution is -2.24. The summed E-state index contributed by atoms with van der Waals surface area (Å²) in [5, 5.41) is 0. The van der Waals surface area contributed by atoms with E-state index >= 15 is 0 Å². The van der Waals surface area contributed by atoms with Crippen LogP contribution in [-0.2, 0) is 16.6 Å². The molecule has 1 aliphatic rings. The lowest BCUT2D eigenvalue weighted by molar-refractivity contribution is 0.332. The Morgan fingerprint density at radius 1 is 1.29 bits per heavy atom. The monoisotopic (exact) mass is 330 g/mol. The zero-order valence-electron chi connectivity index (χ0n) is 12.4. The zero-order valence-corrected chi connectivity index (χ0v) is 14.0. The fourth-order valence-electron chi connectivity index (χ4n) is 2.57. The standard InChI is InChI=1S/C15H23ClN2O2S/c1-13(10-16)12-21(19,20)17-15-7-3-2-6-14(15)11-18-8-4-5-9-18/h2-3,6-7,13,17H,4-5,8-12H2,1H3. The highest BCUT2D eigenvalue weighted by Gasteiger charge is 2.18. The Hall–Kier alpha value is -0.780. The van der Waals surface area contributed by atoms with Gasteiger partial charge in [-0.2, -0.15) is 0 Å². The number of nitrogens with zero attached hydrogens (tertiary/aromatic N) is 1. The van der Waals surface area contributed by atoms with Crippen LogP contribution in [0.5, 0.6) is 0 Å². The second-order valence-electron chi connectivity index (χ2n) is 5.78. The Balaban J connectivity index is 2.08. The summed E-state index contributed by atoms with van der Waals surface area (Å²) in [7, 11) is -3.36. The van der Waals surface area contributed by atoms with Gasteiger partial charge in [0.25, 0.3) is 0 Å². The third kappa shape index (κ3) is 5.16. The van der Waals surface area contributed by atoms with Crippen molar-refractivity contribution in [1.29, 1.82) is 0 Å². The minimum absolute atomic E-state index is 0.0501. The van der Waals surface area contributed by atoms with Crippen LogP contribution in [0.4, 0.5) is 5.69 Å². The molecule has 0 amide bonds. The summed E-state index contributed by atoms with van der Waals surface area (Å²) in [4.78, 5) is 2.36. The van der Waals surface area contributed by atoms with Gasteiger partial charge in [-0.05, 0) is 43.5 Å². The quantitative estimate of drug-likeness (QED) is 0.782. The van der Waals surface area contributed by atoms with E-state index in [-0.39, 0.29) is 11.7 Å². The van der Waals surface area contributed by atoms with E-state index in [4.69, 9.17) is 11.6 Å². The van der Waals surface area contributed by atoms with E-state index in [0.717, 1.165) is 25.2 Å². The first-order valence-corrected chi connectivity index (χ1v) is 9.55. The van der Waals surface area contributed by atoms with Crippen LogP contribution in [-0.4, -0.2) is 38.0 Å². The number of nitrogens with one attached hydrogen (secondary N) is 1. The highest BCUT2D eigenvalue weighted by molar-refractivity contribution is 7.92. The number of anilines is 1. The number of rotatable bonds is 7. The molecule has 0 aliphatic carbocycles. The van der Waals surface area contributed by atoms with Gasteiger partial charge >= 0.3 is 0 Å². The van der Waals surface area contributed by atoms with Crippen molar-refractivity contribution in [1.82, 2.24) is 4.90 Å². The molecule has 0 spiro atoms. The summed E-state index contributed by atoms with van der Waals surface area (Å²) in [6.07, 6.45) is 2.45. The second-order valence-corrected chi connectivity index (χ2v) is 7.86. The maximum absolute atomic E-state index is 12.2. The lowest BCUT2D eigenvalue weighted by atomic mass is 10.2. The Morgan fingerprint density at radius 2 is 1.95 bits per heavy atom. The Kier molecular flexibility index (Phi) is 5.90. The third-order valence-electron chi connectivity index (χ3n) is 3.64. The van der Waals surface area contributed by atoms with Crippen LogP contribution >= 0.6 is 11.6 Å². The molecule has 2 rings (SSSR count). The Morgan fingerprint density at radius 3 is 2.62 bits per heavy atom. The first-order valence-electron chi connectivity index (χ1n) is 7.37. The van der Waals surface area contributed by atoms with E-state index in [2.05, 4.69) is 9.62 Å². The second kappa shape index (κ2) is 7.47. The van der Waals surface area contributed by atoms with E-state index in [1.54, 1.807) is 0 Å². The molecule has 1 N–H and O–H groups in total. The minimum Gasteiger partial charge on any atom is -0.299 e. The van der Waals surface area contributed by atoms with Gasteiger partial charge in [0, 0.05) is 12.4 Å². The van der Waals surface area contributed by atoms with Gasteiger partial charge in [0.05, 0.1) is 11.4 Å². The molecule has 6 heteroatoms. The van der Waals surface area contributed by atoms with E-state index in [9.17, 15) is 8.42 Å². The molecule has 1 atom stereocenters. The van der Waals surface area contributed by atoms with Crippen molar-refractivity contribution in [2.24, 2.45) is 5.92 Å². The van der Waals surface area contributed by atoms with Crippen molar-refractivity contribution in [2.45, 2.75) is 26.3 Å². The zero-order chi connectivity index (χ0) is 15.3. The number of hydrogen-bond acceptors (Lipinski definition) is 3. The third-order valence-corrected chi connectivity index (χ3v) is 5.71. The van der Waals surface area contributed by atoms with Crippen molar-refractivity contribution >= 4 is 27.3 Å². The number of benzene rings is 1. The number of alkyl halides is 1. The molecule has 0 saturated carbocycles. The molecule has 1 aromatic rings. The fraction of sp³-hybridized carbons (Fsp3) is 0.600. The van der Waals surface area contributed by atoms with Crippen molar-refractivity contribution in [3.8, 4) is 0 Å². The first-order chi connectivity index (χ1) is 10.00. The maximum Gasteiger partial charge on any atom is 0.233 e. The predicted molar refractivity (Wildman–Crippen MR) is 88.2 cm³/mol. The lowest BCUT2D eigenvalue weighted by Gasteiger charge is -2.19. The Labute approximate surface area is 132 Å². The average Bonchev–Trinajstić information content (AvgIpc) is 2.93. The van der Waals surface area contributed by atoms with Gasteiger partial charge in [-0.15, -0.1) is 11.6 Å². The van der Waals surface area contributed by atoms with Gasteiger partial charge in [-0.3, -0.25) is 9.62 Å². The molecule has 0 aromatic heterocycles. The summed E-state index contributed by atoms with van der Waals surface area (Å²) < 4.78 is 27.1. The number of likely N-dealkylation sites (tertiary alicyclic amines) is 1. The van der Waals surface area contributed by atoms with Gasteiger partial charge in [0.15, 0.2) is 0 Å². The molecule has 4 nitrogen and oxygen atoms in total. The summed E-state index contributed by atoms with van der Waals surface area (Å²) in [6, 6.07) is 7.62. The van der Waals surface area contributed by atoms with Gasteiger partial charge in [-0.1, -0.05) is 25.1 Å². The van der Waals surface area contributed by atoms with E-state index in [0.29, 0.717) is 11.6 Å². The molecule has 118 valence electrons. The highest BCUT2D eigenvalue weighted by Crippen LogP contribution is 2.21. The number of hydrogen-bond donors (Lipinski definition) is 1. The van der Waals surface area contributed by atoms with Crippen LogP contribution in [0.3, 0.4) is 0 Å². The van der Waals surface area contributed by atoms with E-state index in [1.165, 1.54) is 12.8 Å². The Bertz CT molecular complexity index is 557. The van der Waals surface area contributed by atoms with Crippen LogP contribution in [0, 0.1) is 5.92 Å². The smallest absolute Gasteiger partial charge is 0.233 e. The fourth-order valence-corrected chi connectivity index (χ4v) is 4.29. The highest BCUT2D eigenvalue weighted by atomic mass is 35.5. The molecule has 0 bridgehead atoms. The first kappa shape index (κ1) is 16.6. The molecule has 1 aromatic carbocycles. The molecular formula is C15H23ClN2O2S. The summed E-state index contributed by atoms with van der Waals surface area (Å²) >= 11 is 5.71. The number of sulfonamides is 1. The topological polar surface area (TPSA) is 49.4 Å². The number of halogens is 1. The van der Waals surface area contributed by atoms with Gasteiger partial charge < -0.3 is 0 Å². The molecule has 1 fully saturated rings. The minimum atomic E-state index is -3.36. The van der Waals surface area contributed by atoms with Crippen molar-refractivity contribution in [3.05, 3.63) is 29.8 Å². The van der Waals surface area contributed by atoms with Crippen LogP contribution in [0.15, 0.2) is 24.3 Å². The summed E-state index contributed by atoms with van der Waals surface area (Å²) in [6.45, 7) is 4.81.